The standard InChI is InChI=1S/C16H34N2O/c1-6-14(5)15-12-18(10-11-19-9-4)16(7-2,8-3)13-17-15/h14-15,17H,6-13H2,1-5H3. The van der Waals surface area contributed by atoms with Crippen LogP contribution in [-0.4, -0.2) is 49.3 Å². The number of ether oxygens (including phenoxy) is 1. The van der Waals surface area contributed by atoms with Crippen molar-refractivity contribution in [1.82, 2.24) is 10.2 Å². The van der Waals surface area contributed by atoms with E-state index in [2.05, 4.69) is 44.8 Å². The van der Waals surface area contributed by atoms with E-state index in [0.29, 0.717) is 11.6 Å². The van der Waals surface area contributed by atoms with Gasteiger partial charge in [0, 0.05) is 37.8 Å². The monoisotopic (exact) mass is 270 g/mol. The molecule has 0 radical (unpaired) electrons. The van der Waals surface area contributed by atoms with Gasteiger partial charge in [-0.1, -0.05) is 34.1 Å². The molecule has 19 heavy (non-hydrogen) atoms. The van der Waals surface area contributed by atoms with E-state index in [4.69, 9.17) is 4.74 Å². The minimum atomic E-state index is 0.334. The van der Waals surface area contributed by atoms with Gasteiger partial charge < -0.3 is 10.1 Å². The van der Waals surface area contributed by atoms with E-state index in [1.807, 2.05) is 0 Å². The third-order valence-corrected chi connectivity index (χ3v) is 5.14. The van der Waals surface area contributed by atoms with Crippen LogP contribution < -0.4 is 5.32 Å². The minimum Gasteiger partial charge on any atom is -0.380 e. The lowest BCUT2D eigenvalue weighted by molar-refractivity contribution is -0.00185. The number of rotatable bonds is 8. The fourth-order valence-electron chi connectivity index (χ4n) is 3.19. The molecule has 0 aromatic heterocycles. The first-order chi connectivity index (χ1) is 9.13. The molecule has 0 amide bonds. The Hall–Kier alpha value is -0.120. The predicted octanol–water partition coefficient (Wildman–Crippen LogP) is 2.90. The Labute approximate surface area is 120 Å². The average Bonchev–Trinajstić information content (AvgIpc) is 2.46. The summed E-state index contributed by atoms with van der Waals surface area (Å²) in [6, 6.07) is 0.637. The molecule has 0 bridgehead atoms. The molecule has 3 nitrogen and oxygen atoms in total. The Morgan fingerprint density at radius 1 is 1.26 bits per heavy atom. The van der Waals surface area contributed by atoms with E-state index in [0.717, 1.165) is 32.2 Å². The first kappa shape index (κ1) is 16.9. The van der Waals surface area contributed by atoms with Gasteiger partial charge in [0.15, 0.2) is 0 Å². The Morgan fingerprint density at radius 2 is 1.95 bits per heavy atom. The maximum absolute atomic E-state index is 5.58. The molecular weight excluding hydrogens is 236 g/mol. The molecule has 0 aromatic carbocycles. The number of nitrogens with zero attached hydrogens (tertiary/aromatic N) is 1. The zero-order chi connectivity index (χ0) is 14.3. The van der Waals surface area contributed by atoms with Gasteiger partial charge in [0.2, 0.25) is 0 Å². The number of hydrogen-bond donors (Lipinski definition) is 1. The van der Waals surface area contributed by atoms with Crippen LogP contribution >= 0.6 is 0 Å². The first-order valence-electron chi connectivity index (χ1n) is 8.19. The summed E-state index contributed by atoms with van der Waals surface area (Å²) in [7, 11) is 0. The summed E-state index contributed by atoms with van der Waals surface area (Å²) in [6.45, 7) is 16.4. The van der Waals surface area contributed by atoms with Crippen molar-refractivity contribution in [2.24, 2.45) is 5.92 Å². The Morgan fingerprint density at radius 3 is 2.47 bits per heavy atom. The van der Waals surface area contributed by atoms with Gasteiger partial charge in [-0.15, -0.1) is 0 Å². The minimum absolute atomic E-state index is 0.334. The number of piperazine rings is 1. The summed E-state index contributed by atoms with van der Waals surface area (Å²) in [5, 5.41) is 3.80. The molecule has 1 saturated heterocycles. The van der Waals surface area contributed by atoms with Gasteiger partial charge in [0.1, 0.15) is 0 Å². The highest BCUT2D eigenvalue weighted by Crippen LogP contribution is 2.28. The van der Waals surface area contributed by atoms with Crippen LogP contribution in [0.3, 0.4) is 0 Å². The summed E-state index contributed by atoms with van der Waals surface area (Å²) in [5.41, 5.74) is 0.334. The van der Waals surface area contributed by atoms with Crippen molar-refractivity contribution in [3.63, 3.8) is 0 Å². The molecule has 2 atom stereocenters. The van der Waals surface area contributed by atoms with Crippen LogP contribution in [0.5, 0.6) is 0 Å². The lowest BCUT2D eigenvalue weighted by Gasteiger charge is -2.51. The zero-order valence-corrected chi connectivity index (χ0v) is 13.7. The van der Waals surface area contributed by atoms with Crippen LogP contribution in [0, 0.1) is 5.92 Å². The normalized spacial score (nSPS) is 25.4. The van der Waals surface area contributed by atoms with Gasteiger partial charge in [-0.3, -0.25) is 4.90 Å². The third kappa shape index (κ3) is 4.17. The molecule has 1 N–H and O–H groups in total. The van der Waals surface area contributed by atoms with Crippen molar-refractivity contribution in [1.29, 1.82) is 0 Å². The lowest BCUT2D eigenvalue weighted by atomic mass is 9.84. The van der Waals surface area contributed by atoms with Crippen LogP contribution in [0.4, 0.5) is 0 Å². The number of nitrogens with one attached hydrogen (secondary N) is 1. The van der Waals surface area contributed by atoms with Crippen LogP contribution in [-0.2, 0) is 4.74 Å². The molecule has 0 aromatic rings. The van der Waals surface area contributed by atoms with E-state index in [1.165, 1.54) is 25.8 Å². The fraction of sp³-hybridized carbons (Fsp3) is 1.00. The quantitative estimate of drug-likeness (QED) is 0.686. The Balaban J connectivity index is 2.68. The second-order valence-electron chi connectivity index (χ2n) is 5.95. The SMILES string of the molecule is CCOCCN1CC(C(C)CC)NCC1(CC)CC. The summed E-state index contributed by atoms with van der Waals surface area (Å²) >= 11 is 0. The van der Waals surface area contributed by atoms with Crippen molar-refractivity contribution in [2.75, 3.05) is 32.8 Å². The van der Waals surface area contributed by atoms with Gasteiger partial charge >= 0.3 is 0 Å². The largest absolute Gasteiger partial charge is 0.380 e. The highest BCUT2D eigenvalue weighted by atomic mass is 16.5. The Kier molecular flexibility index (Phi) is 7.33. The fourth-order valence-corrected chi connectivity index (χ4v) is 3.19. The average molecular weight is 270 g/mol. The highest BCUT2D eigenvalue weighted by molar-refractivity contribution is 4.98. The maximum atomic E-state index is 5.58. The van der Waals surface area contributed by atoms with E-state index in [1.54, 1.807) is 0 Å². The van der Waals surface area contributed by atoms with Crippen molar-refractivity contribution in [2.45, 2.75) is 65.5 Å². The van der Waals surface area contributed by atoms with Crippen LogP contribution in [0.2, 0.25) is 0 Å². The topological polar surface area (TPSA) is 24.5 Å². The van der Waals surface area contributed by atoms with Gasteiger partial charge in [0.25, 0.3) is 0 Å². The third-order valence-electron chi connectivity index (χ3n) is 5.14. The summed E-state index contributed by atoms with van der Waals surface area (Å²) in [4.78, 5) is 2.69. The highest BCUT2D eigenvalue weighted by Gasteiger charge is 2.39. The van der Waals surface area contributed by atoms with Gasteiger partial charge in [0.05, 0.1) is 6.61 Å². The molecule has 1 aliphatic rings. The van der Waals surface area contributed by atoms with Crippen molar-refractivity contribution >= 4 is 0 Å². The molecular formula is C16H34N2O. The molecule has 1 fully saturated rings. The second-order valence-corrected chi connectivity index (χ2v) is 5.95. The zero-order valence-electron chi connectivity index (χ0n) is 13.7. The van der Waals surface area contributed by atoms with Crippen LogP contribution in [0.25, 0.3) is 0 Å². The molecule has 3 heteroatoms. The maximum Gasteiger partial charge on any atom is 0.0593 e. The van der Waals surface area contributed by atoms with Crippen molar-refractivity contribution in [3.05, 3.63) is 0 Å². The summed E-state index contributed by atoms with van der Waals surface area (Å²) in [5.74, 6) is 0.751. The van der Waals surface area contributed by atoms with Gasteiger partial charge in [-0.25, -0.2) is 0 Å². The Bertz CT molecular complexity index is 241. The van der Waals surface area contributed by atoms with E-state index in [9.17, 15) is 0 Å². The van der Waals surface area contributed by atoms with Gasteiger partial charge in [-0.05, 0) is 25.7 Å². The first-order valence-corrected chi connectivity index (χ1v) is 8.19. The molecule has 1 heterocycles. The molecule has 0 spiro atoms. The molecule has 1 aliphatic heterocycles. The van der Waals surface area contributed by atoms with Crippen LogP contribution in [0.15, 0.2) is 0 Å². The molecule has 0 saturated carbocycles. The molecule has 114 valence electrons. The van der Waals surface area contributed by atoms with Crippen LogP contribution in [0.1, 0.15) is 53.9 Å². The lowest BCUT2D eigenvalue weighted by Crippen LogP contribution is -2.65. The predicted molar refractivity (Wildman–Crippen MR) is 82.6 cm³/mol. The number of hydrogen-bond acceptors (Lipinski definition) is 3. The van der Waals surface area contributed by atoms with Crippen molar-refractivity contribution < 1.29 is 4.74 Å². The van der Waals surface area contributed by atoms with Crippen molar-refractivity contribution in [3.8, 4) is 0 Å². The smallest absolute Gasteiger partial charge is 0.0593 e. The second kappa shape index (κ2) is 8.23. The van der Waals surface area contributed by atoms with E-state index < -0.39 is 0 Å². The van der Waals surface area contributed by atoms with Gasteiger partial charge in [-0.2, -0.15) is 0 Å². The molecule has 2 unspecified atom stereocenters. The molecule has 1 rings (SSSR count). The summed E-state index contributed by atoms with van der Waals surface area (Å²) in [6.07, 6.45) is 3.69. The van der Waals surface area contributed by atoms with E-state index in [-0.39, 0.29) is 0 Å². The molecule has 0 aliphatic carbocycles. The van der Waals surface area contributed by atoms with E-state index >= 15 is 0 Å². The summed E-state index contributed by atoms with van der Waals surface area (Å²) < 4.78 is 5.58.